The molecule has 11 heteroatoms. The predicted molar refractivity (Wildman–Crippen MR) is 155 cm³/mol. The lowest BCUT2D eigenvalue weighted by atomic mass is 9.61. The number of aryl methyl sites for hydroxylation is 1. The molecular weight excluding hydrogens is 572 g/mol. The zero-order chi connectivity index (χ0) is 31.4. The van der Waals surface area contributed by atoms with Gasteiger partial charge in [0, 0.05) is 18.1 Å². The highest BCUT2D eigenvalue weighted by atomic mass is 16.5. The summed E-state index contributed by atoms with van der Waals surface area (Å²) in [6, 6.07) is 7.06. The molecule has 0 radical (unpaired) electrons. The second-order valence-electron chi connectivity index (χ2n) is 11.3. The minimum Gasteiger partial charge on any atom is -0.507 e. The molecule has 2 bridgehead atoms. The third-order valence-corrected chi connectivity index (χ3v) is 8.77. The number of aliphatic hydroxyl groups is 1. The smallest absolute Gasteiger partial charge is 0.342 e. The molecule has 4 aliphatic rings. The third kappa shape index (κ3) is 3.37. The molecule has 4 aromatic rings. The fraction of sp³-hybridized carbons (Fsp3) is 0.212. The summed E-state index contributed by atoms with van der Waals surface area (Å²) in [6.07, 6.45) is 1.97. The van der Waals surface area contributed by atoms with E-state index in [1.165, 1.54) is 37.3 Å². The standard InChI is InChI=1S/C33H24O11/c1-12-8-16-22(18(36)9-12)30(40)26-27(37)15-6-7-33(26,31(16)43-13(2)34)11-14-10-20-25(28(38)21(14)15)29(39)24-19(44-20)5-4-17(35)23(24)32(41)42-3/h4-10,15,31,35-36,38,40H,11H2,1-3H3/t15-,31-,33-/m0/s1. The van der Waals surface area contributed by atoms with Crippen molar-refractivity contribution in [2.45, 2.75) is 32.3 Å². The summed E-state index contributed by atoms with van der Waals surface area (Å²) in [5, 5.41) is 43.8. The van der Waals surface area contributed by atoms with E-state index in [9.17, 15) is 39.6 Å². The maximum atomic E-state index is 14.2. The van der Waals surface area contributed by atoms with Crippen molar-refractivity contribution in [1.82, 2.24) is 0 Å². The molecule has 8 rings (SSSR count). The van der Waals surface area contributed by atoms with Gasteiger partial charge >= 0.3 is 11.9 Å². The van der Waals surface area contributed by atoms with E-state index >= 15 is 0 Å². The monoisotopic (exact) mass is 596 g/mol. The number of benzene rings is 3. The van der Waals surface area contributed by atoms with Gasteiger partial charge in [-0.3, -0.25) is 14.4 Å². The lowest BCUT2D eigenvalue weighted by Gasteiger charge is -2.44. The van der Waals surface area contributed by atoms with Crippen LogP contribution in [0.25, 0.3) is 27.7 Å². The number of carbonyl (C=O) groups excluding carboxylic acids is 3. The van der Waals surface area contributed by atoms with E-state index in [2.05, 4.69) is 0 Å². The average molecular weight is 597 g/mol. The third-order valence-electron chi connectivity index (χ3n) is 8.77. The Kier molecular flexibility index (Phi) is 5.55. The number of rotatable bonds is 2. The van der Waals surface area contributed by atoms with Gasteiger partial charge in [-0.25, -0.2) is 4.79 Å². The van der Waals surface area contributed by atoms with E-state index in [4.69, 9.17) is 13.9 Å². The van der Waals surface area contributed by atoms with Crippen molar-refractivity contribution in [3.05, 3.63) is 91.7 Å². The van der Waals surface area contributed by atoms with Crippen molar-refractivity contribution in [2.24, 2.45) is 5.41 Å². The van der Waals surface area contributed by atoms with Gasteiger partial charge in [0.25, 0.3) is 0 Å². The highest BCUT2D eigenvalue weighted by molar-refractivity contribution is 6.13. The number of allylic oxidation sites excluding steroid dienone is 1. The number of esters is 2. The number of carbonyl (C=O) groups is 3. The average Bonchev–Trinajstić information content (AvgIpc) is 3.18. The Morgan fingerprint density at radius 3 is 2.45 bits per heavy atom. The SMILES string of the molecule is COC(=O)c1c(O)ccc2oc3cc4c(c(O)c3c(=O)c12)[C@@H]1C=C[C@]2(C4)C(=C(O)c3c(O)cc(C)cc3[C@@H]2OC(C)=O)C1=O. The van der Waals surface area contributed by atoms with Crippen LogP contribution in [0.15, 0.2) is 57.3 Å². The van der Waals surface area contributed by atoms with Crippen LogP contribution in [0.1, 0.15) is 57.1 Å². The van der Waals surface area contributed by atoms with Gasteiger partial charge in [-0.1, -0.05) is 18.2 Å². The van der Waals surface area contributed by atoms with Crippen LogP contribution < -0.4 is 5.43 Å². The molecule has 4 N–H and O–H groups in total. The molecule has 1 spiro atoms. The highest BCUT2D eigenvalue weighted by Gasteiger charge is 2.57. The second kappa shape index (κ2) is 8.96. The Bertz CT molecular complexity index is 2170. The molecular formula is C33H24O11. The number of ether oxygens (including phenoxy) is 2. The van der Waals surface area contributed by atoms with Crippen LogP contribution in [0.4, 0.5) is 0 Å². The Labute approximate surface area is 247 Å². The molecule has 0 amide bonds. The Balaban J connectivity index is 1.56. The van der Waals surface area contributed by atoms with Crippen LogP contribution in [-0.4, -0.2) is 45.3 Å². The zero-order valence-corrected chi connectivity index (χ0v) is 23.5. The molecule has 3 aromatic carbocycles. The van der Waals surface area contributed by atoms with Crippen LogP contribution in [0.2, 0.25) is 0 Å². The van der Waals surface area contributed by atoms with Crippen LogP contribution in [-0.2, 0) is 25.5 Å². The van der Waals surface area contributed by atoms with E-state index < -0.39 is 63.4 Å². The number of phenolic OH excluding ortho intramolecular Hbond substituents is 3. The maximum Gasteiger partial charge on any atom is 0.342 e. The fourth-order valence-corrected chi connectivity index (χ4v) is 7.10. The molecule has 222 valence electrons. The van der Waals surface area contributed by atoms with Crippen LogP contribution >= 0.6 is 0 Å². The number of hydrogen-bond donors (Lipinski definition) is 4. The van der Waals surface area contributed by atoms with Crippen LogP contribution in [0.5, 0.6) is 17.2 Å². The molecule has 3 atom stereocenters. The number of methoxy groups -OCH3 is 1. The summed E-state index contributed by atoms with van der Waals surface area (Å²) in [4.78, 5) is 53.1. The number of aliphatic hydroxyl groups excluding tert-OH is 1. The minimum atomic E-state index is -1.44. The van der Waals surface area contributed by atoms with E-state index in [-0.39, 0.29) is 50.8 Å². The quantitative estimate of drug-likeness (QED) is 0.145. The minimum absolute atomic E-state index is 0.0338. The summed E-state index contributed by atoms with van der Waals surface area (Å²) < 4.78 is 16.6. The van der Waals surface area contributed by atoms with Crippen molar-refractivity contribution >= 4 is 45.4 Å². The first kappa shape index (κ1) is 27.3. The van der Waals surface area contributed by atoms with Gasteiger partial charge < -0.3 is 34.3 Å². The first-order valence-corrected chi connectivity index (χ1v) is 13.6. The van der Waals surface area contributed by atoms with Crippen molar-refractivity contribution < 1.29 is 48.7 Å². The van der Waals surface area contributed by atoms with Crippen molar-refractivity contribution in [3.63, 3.8) is 0 Å². The summed E-state index contributed by atoms with van der Waals surface area (Å²) >= 11 is 0. The van der Waals surface area contributed by atoms with Gasteiger partial charge in [-0.05, 0) is 48.7 Å². The number of aromatic hydroxyl groups is 3. The van der Waals surface area contributed by atoms with Crippen molar-refractivity contribution in [3.8, 4) is 17.2 Å². The summed E-state index contributed by atoms with van der Waals surface area (Å²) in [5.74, 6) is -5.33. The molecule has 11 nitrogen and oxygen atoms in total. The number of Topliss-reactive ketones (excluding diaryl/α,β-unsaturated/α-hetero) is 1. The van der Waals surface area contributed by atoms with Crippen molar-refractivity contribution in [1.29, 1.82) is 0 Å². The Morgan fingerprint density at radius 1 is 1.00 bits per heavy atom. The first-order valence-electron chi connectivity index (χ1n) is 13.6. The van der Waals surface area contributed by atoms with Crippen molar-refractivity contribution in [2.75, 3.05) is 7.11 Å². The number of ketones is 1. The van der Waals surface area contributed by atoms with Gasteiger partial charge in [-0.2, -0.15) is 0 Å². The molecule has 1 aromatic heterocycles. The summed E-state index contributed by atoms with van der Waals surface area (Å²) in [5.41, 5.74) is -1.60. The maximum absolute atomic E-state index is 14.2. The second-order valence-corrected chi connectivity index (χ2v) is 11.3. The van der Waals surface area contributed by atoms with Crippen LogP contribution in [0, 0.1) is 12.3 Å². The topological polar surface area (TPSA) is 181 Å². The van der Waals surface area contributed by atoms with E-state index in [0.717, 1.165) is 7.11 Å². The van der Waals surface area contributed by atoms with Gasteiger partial charge in [-0.15, -0.1) is 0 Å². The number of phenols is 3. The Morgan fingerprint density at radius 2 is 1.75 bits per heavy atom. The van der Waals surface area contributed by atoms with Gasteiger partial charge in [0.05, 0.1) is 35.0 Å². The molecule has 0 aliphatic heterocycles. The summed E-state index contributed by atoms with van der Waals surface area (Å²) in [6.45, 7) is 2.94. The molecule has 0 fully saturated rings. The number of hydrogen-bond acceptors (Lipinski definition) is 11. The van der Waals surface area contributed by atoms with E-state index in [1.54, 1.807) is 19.1 Å². The lowest BCUT2D eigenvalue weighted by molar-refractivity contribution is -0.152. The van der Waals surface area contributed by atoms with Gasteiger partial charge in [0.1, 0.15) is 51.2 Å². The Hall–Kier alpha value is -5.58. The van der Waals surface area contributed by atoms with E-state index in [0.29, 0.717) is 16.7 Å². The summed E-state index contributed by atoms with van der Waals surface area (Å²) in [7, 11) is 1.08. The van der Waals surface area contributed by atoms with Crippen LogP contribution in [0.3, 0.4) is 0 Å². The fourth-order valence-electron chi connectivity index (χ4n) is 7.10. The molecule has 0 saturated carbocycles. The molecule has 4 aliphatic carbocycles. The molecule has 0 unspecified atom stereocenters. The highest BCUT2D eigenvalue weighted by Crippen LogP contribution is 2.61. The zero-order valence-electron chi connectivity index (χ0n) is 23.5. The van der Waals surface area contributed by atoms with Gasteiger partial charge in [0.15, 0.2) is 5.78 Å². The molecule has 44 heavy (non-hydrogen) atoms. The predicted octanol–water partition coefficient (Wildman–Crippen LogP) is 4.51. The lowest BCUT2D eigenvalue weighted by Crippen LogP contribution is -2.42. The van der Waals surface area contributed by atoms with Gasteiger partial charge in [0.2, 0.25) is 5.43 Å². The first-order chi connectivity index (χ1) is 20.9. The normalized spacial score (nSPS) is 21.6. The largest absolute Gasteiger partial charge is 0.507 e. The molecule has 0 saturated heterocycles. The molecule has 1 heterocycles. The van der Waals surface area contributed by atoms with E-state index in [1.807, 2.05) is 0 Å². The number of fused-ring (bicyclic) bond motifs is 3.